The summed E-state index contributed by atoms with van der Waals surface area (Å²) in [6.45, 7) is 8.41. The van der Waals surface area contributed by atoms with Crippen LogP contribution < -0.4 is 25.5 Å². The van der Waals surface area contributed by atoms with Crippen molar-refractivity contribution in [3.63, 3.8) is 0 Å². The summed E-state index contributed by atoms with van der Waals surface area (Å²) >= 11 is 0. The minimum Gasteiger partial charge on any atom is -0.491 e. The molecule has 1 N–H and O–H groups in total. The van der Waals surface area contributed by atoms with Crippen LogP contribution in [0.5, 0.6) is 5.75 Å². The van der Waals surface area contributed by atoms with E-state index in [0.717, 1.165) is 49.3 Å². The molecule has 6 aromatic rings. The van der Waals surface area contributed by atoms with E-state index >= 15 is 0 Å². The summed E-state index contributed by atoms with van der Waals surface area (Å²) in [4.78, 5) is 22.0. The van der Waals surface area contributed by atoms with Crippen LogP contribution >= 0.6 is 0 Å². The first-order chi connectivity index (χ1) is 27.7. The molecule has 57 heavy (non-hydrogen) atoms. The number of nitrogens with one attached hydrogen (secondary N) is 1. The summed E-state index contributed by atoms with van der Waals surface area (Å²) in [6.07, 6.45) is 3.93. The molecule has 0 saturated carbocycles. The van der Waals surface area contributed by atoms with Crippen LogP contribution in [-0.4, -0.2) is 81.2 Å². The van der Waals surface area contributed by atoms with E-state index < -0.39 is 23.5 Å². The van der Waals surface area contributed by atoms with Crippen LogP contribution in [0, 0.1) is 11.6 Å². The molecule has 15 heteroatoms. The Hall–Kier alpha value is -5.90. The predicted octanol–water partition coefficient (Wildman–Crippen LogP) is 5.49. The molecule has 4 aromatic carbocycles. The van der Waals surface area contributed by atoms with Crippen LogP contribution in [0.4, 0.5) is 20.2 Å². The number of ether oxygens (including phenoxy) is 3. The van der Waals surface area contributed by atoms with E-state index in [4.69, 9.17) is 14.2 Å². The molecule has 8 rings (SSSR count). The highest BCUT2D eigenvalue weighted by Gasteiger charge is 2.46. The maximum atomic E-state index is 14.9. The zero-order valence-electron chi connectivity index (χ0n) is 31.8. The zero-order chi connectivity index (χ0) is 39.4. The molecule has 296 valence electrons. The molecule has 0 spiro atoms. The van der Waals surface area contributed by atoms with Crippen molar-refractivity contribution in [3.8, 4) is 11.4 Å². The van der Waals surface area contributed by atoms with Gasteiger partial charge in [0.2, 0.25) is 5.79 Å². The fourth-order valence-corrected chi connectivity index (χ4v) is 7.36. The zero-order valence-corrected chi connectivity index (χ0v) is 31.8. The topological polar surface area (TPSA) is 117 Å². The molecule has 4 heterocycles. The number of piperazine rings is 1. The first-order valence-electron chi connectivity index (χ1n) is 19.1. The van der Waals surface area contributed by atoms with Crippen molar-refractivity contribution < 1.29 is 23.0 Å². The summed E-state index contributed by atoms with van der Waals surface area (Å²) < 4.78 is 51.6. The lowest BCUT2D eigenvalue weighted by molar-refractivity contribution is -0.192. The standard InChI is InChI=1S/C42H45F2N9O4/c1-30(23-46-31(2)32-6-4-3-5-7-32)53-41(54)52(29-48-53)36-11-9-34(10-12-36)49-18-20-50(21-19-49)35-13-15-37(16-14-35)55-24-38-25-56-42(57-38,26-51-28-45-27-47-51)39-17-8-33(43)22-40(39)44/h3-17,22,27-31,38,46H,18-21,23-26H2,1-2H3. The van der Waals surface area contributed by atoms with E-state index in [2.05, 4.69) is 61.5 Å². The van der Waals surface area contributed by atoms with Crippen molar-refractivity contribution in [3.05, 3.63) is 149 Å². The van der Waals surface area contributed by atoms with Gasteiger partial charge in [0.25, 0.3) is 0 Å². The maximum absolute atomic E-state index is 14.9. The van der Waals surface area contributed by atoms with Gasteiger partial charge in [0.05, 0.1) is 18.3 Å². The van der Waals surface area contributed by atoms with Gasteiger partial charge in [0, 0.05) is 61.8 Å². The Morgan fingerprint density at radius 2 is 1.54 bits per heavy atom. The Bertz CT molecular complexity index is 2280. The summed E-state index contributed by atoms with van der Waals surface area (Å²) in [5.41, 5.74) is 4.06. The lowest BCUT2D eigenvalue weighted by atomic mass is 10.0. The number of hydrogen-bond acceptors (Lipinski definition) is 10. The highest BCUT2D eigenvalue weighted by Crippen LogP contribution is 2.38. The molecule has 0 bridgehead atoms. The Balaban J connectivity index is 0.818. The van der Waals surface area contributed by atoms with Gasteiger partial charge in [-0.3, -0.25) is 0 Å². The number of nitrogens with zero attached hydrogens (tertiary/aromatic N) is 8. The Labute approximate surface area is 329 Å². The number of hydrogen-bond donors (Lipinski definition) is 1. The average molecular weight is 778 g/mol. The Morgan fingerprint density at radius 1 is 0.860 bits per heavy atom. The van der Waals surface area contributed by atoms with Crippen molar-refractivity contribution >= 4 is 11.4 Å². The van der Waals surface area contributed by atoms with E-state index in [-0.39, 0.29) is 43.1 Å². The van der Waals surface area contributed by atoms with E-state index in [1.54, 1.807) is 10.9 Å². The molecule has 4 atom stereocenters. The molecule has 4 unspecified atom stereocenters. The van der Waals surface area contributed by atoms with Crippen LogP contribution in [0.25, 0.3) is 5.69 Å². The second-order valence-electron chi connectivity index (χ2n) is 14.4. The highest BCUT2D eigenvalue weighted by atomic mass is 19.1. The minimum atomic E-state index is -1.52. The number of anilines is 2. The number of rotatable bonds is 14. The molecular weight excluding hydrogens is 733 g/mol. The van der Waals surface area contributed by atoms with Gasteiger partial charge in [-0.1, -0.05) is 30.3 Å². The molecule has 2 fully saturated rings. The van der Waals surface area contributed by atoms with Gasteiger partial charge in [-0.2, -0.15) is 10.2 Å². The van der Waals surface area contributed by atoms with Crippen LogP contribution in [0.1, 0.15) is 37.1 Å². The lowest BCUT2D eigenvalue weighted by Gasteiger charge is -2.37. The Morgan fingerprint density at radius 3 is 2.21 bits per heavy atom. The first-order valence-corrected chi connectivity index (χ1v) is 19.1. The number of halogens is 2. The molecule has 0 aliphatic carbocycles. The van der Waals surface area contributed by atoms with E-state index in [9.17, 15) is 13.6 Å². The van der Waals surface area contributed by atoms with E-state index in [0.29, 0.717) is 12.3 Å². The van der Waals surface area contributed by atoms with Crippen molar-refractivity contribution in [2.75, 3.05) is 55.7 Å². The Kier molecular flexibility index (Phi) is 11.1. The lowest BCUT2D eigenvalue weighted by Crippen LogP contribution is -2.46. The third-order valence-electron chi connectivity index (χ3n) is 10.6. The SMILES string of the molecule is CC(NCC(C)n1ncn(-c2ccc(N3CCN(c4ccc(OCC5COC(Cn6cncn6)(c6ccc(F)cc6F)O5)cc4)CC3)cc2)c1=O)c1ccccc1. The number of aromatic nitrogens is 6. The van der Waals surface area contributed by atoms with Crippen molar-refractivity contribution in [1.29, 1.82) is 0 Å². The molecule has 2 saturated heterocycles. The summed E-state index contributed by atoms with van der Waals surface area (Å²) in [6, 6.07) is 29.6. The van der Waals surface area contributed by atoms with E-state index in [1.165, 1.54) is 39.7 Å². The van der Waals surface area contributed by atoms with Crippen molar-refractivity contribution in [1.82, 2.24) is 34.4 Å². The maximum Gasteiger partial charge on any atom is 0.350 e. The highest BCUT2D eigenvalue weighted by molar-refractivity contribution is 5.54. The third-order valence-corrected chi connectivity index (χ3v) is 10.6. The smallest absolute Gasteiger partial charge is 0.350 e. The van der Waals surface area contributed by atoms with Crippen LogP contribution in [0.15, 0.2) is 121 Å². The van der Waals surface area contributed by atoms with Crippen LogP contribution in [0.2, 0.25) is 0 Å². The van der Waals surface area contributed by atoms with Gasteiger partial charge < -0.3 is 29.3 Å². The number of benzene rings is 4. The largest absolute Gasteiger partial charge is 0.491 e. The molecule has 2 aliphatic heterocycles. The predicted molar refractivity (Wildman–Crippen MR) is 211 cm³/mol. The van der Waals surface area contributed by atoms with Crippen molar-refractivity contribution in [2.45, 2.75) is 44.4 Å². The fourth-order valence-electron chi connectivity index (χ4n) is 7.36. The molecule has 2 aliphatic rings. The molecule has 2 aromatic heterocycles. The summed E-state index contributed by atoms with van der Waals surface area (Å²) in [5, 5.41) is 12.0. The van der Waals surface area contributed by atoms with Gasteiger partial charge in [-0.25, -0.2) is 32.5 Å². The normalized spacial score (nSPS) is 19.5. The molecular formula is C42H45F2N9O4. The summed E-state index contributed by atoms with van der Waals surface area (Å²) in [5.74, 6) is -2.32. The third kappa shape index (κ3) is 8.45. The molecule has 0 radical (unpaired) electrons. The minimum absolute atomic E-state index is 0.0285. The quantitative estimate of drug-likeness (QED) is 0.152. The average Bonchev–Trinajstić information content (AvgIpc) is 4.01. The molecule has 0 amide bonds. The fraction of sp³-hybridized carbons (Fsp3) is 0.333. The van der Waals surface area contributed by atoms with Crippen LogP contribution in [-0.2, 0) is 21.8 Å². The van der Waals surface area contributed by atoms with Gasteiger partial charge in [0.15, 0.2) is 0 Å². The summed E-state index contributed by atoms with van der Waals surface area (Å²) in [7, 11) is 0. The molecule has 13 nitrogen and oxygen atoms in total. The second kappa shape index (κ2) is 16.7. The van der Waals surface area contributed by atoms with Gasteiger partial charge in [-0.15, -0.1) is 0 Å². The van der Waals surface area contributed by atoms with E-state index in [1.807, 2.05) is 61.5 Å². The second-order valence-corrected chi connectivity index (χ2v) is 14.4. The monoisotopic (exact) mass is 777 g/mol. The van der Waals surface area contributed by atoms with Crippen molar-refractivity contribution in [2.24, 2.45) is 0 Å². The van der Waals surface area contributed by atoms with Gasteiger partial charge in [-0.05, 0) is 80.1 Å². The van der Waals surface area contributed by atoms with Gasteiger partial charge in [0.1, 0.15) is 55.6 Å². The first kappa shape index (κ1) is 38.0. The van der Waals surface area contributed by atoms with Crippen LogP contribution in [0.3, 0.4) is 0 Å². The van der Waals surface area contributed by atoms with Gasteiger partial charge >= 0.3 is 5.69 Å².